The number of rotatable bonds is 9. The van der Waals surface area contributed by atoms with Crippen molar-refractivity contribution in [1.29, 1.82) is 0 Å². The average molecular weight is 524 g/mol. The molecule has 4 rings (SSSR count). The third-order valence-electron chi connectivity index (χ3n) is 8.32. The van der Waals surface area contributed by atoms with E-state index in [2.05, 4.69) is 71.3 Å². The lowest BCUT2D eigenvalue weighted by molar-refractivity contribution is -0.198. The topological polar surface area (TPSA) is 78.4 Å². The number of fused-ring (bicyclic) bond motifs is 1. The van der Waals surface area contributed by atoms with E-state index < -0.39 is 0 Å². The van der Waals surface area contributed by atoms with Crippen molar-refractivity contribution in [1.82, 2.24) is 15.7 Å². The number of anilines is 1. The fraction of sp³-hybridized carbons (Fsp3) is 0.600. The summed E-state index contributed by atoms with van der Waals surface area (Å²) in [7, 11) is 2.21. The molecular weight excluding hydrogens is 478 g/mol. The second-order valence-electron chi connectivity index (χ2n) is 10.9. The van der Waals surface area contributed by atoms with Gasteiger partial charge in [-0.2, -0.15) is 0 Å². The summed E-state index contributed by atoms with van der Waals surface area (Å²) in [5, 5.41) is 3.79. The Balaban J connectivity index is 1.20. The van der Waals surface area contributed by atoms with Gasteiger partial charge in [0, 0.05) is 63.6 Å². The summed E-state index contributed by atoms with van der Waals surface area (Å²) < 4.78 is 5.48. The van der Waals surface area contributed by atoms with Crippen LogP contribution in [0.5, 0.6) is 0 Å². The molecular formula is C30H45N5O3. The molecule has 1 aromatic carbocycles. The predicted octanol–water partition coefficient (Wildman–Crippen LogP) is 4.28. The van der Waals surface area contributed by atoms with E-state index in [-0.39, 0.29) is 12.2 Å². The fourth-order valence-electron chi connectivity index (χ4n) is 5.66. The lowest BCUT2D eigenvalue weighted by Crippen LogP contribution is -2.41. The minimum Gasteiger partial charge on any atom is -0.371 e. The summed E-state index contributed by atoms with van der Waals surface area (Å²) in [4.78, 5) is 27.1. The van der Waals surface area contributed by atoms with Crippen molar-refractivity contribution in [2.45, 2.75) is 71.1 Å². The molecule has 2 fully saturated rings. The van der Waals surface area contributed by atoms with Crippen LogP contribution < -0.4 is 15.7 Å². The van der Waals surface area contributed by atoms with Gasteiger partial charge in [0.1, 0.15) is 5.84 Å². The van der Waals surface area contributed by atoms with E-state index in [0.717, 1.165) is 64.1 Å². The van der Waals surface area contributed by atoms with Crippen LogP contribution in [-0.4, -0.2) is 68.8 Å². The van der Waals surface area contributed by atoms with Gasteiger partial charge in [-0.25, -0.2) is 15.3 Å². The molecule has 208 valence electrons. The number of hydroxylamine groups is 1. The van der Waals surface area contributed by atoms with E-state index in [1.54, 1.807) is 6.20 Å². The van der Waals surface area contributed by atoms with E-state index in [0.29, 0.717) is 30.1 Å². The van der Waals surface area contributed by atoms with Gasteiger partial charge in [-0.15, -0.1) is 0 Å². The minimum absolute atomic E-state index is 0.364. The molecule has 0 aliphatic carbocycles. The molecule has 2 N–H and O–H groups in total. The van der Waals surface area contributed by atoms with Crippen LogP contribution in [0.2, 0.25) is 0 Å². The van der Waals surface area contributed by atoms with Gasteiger partial charge in [0.05, 0.1) is 5.57 Å². The van der Waals surface area contributed by atoms with Gasteiger partial charge >= 0.3 is 0 Å². The number of likely N-dealkylation sites (N-methyl/N-ethyl adjacent to an activating group) is 1. The average Bonchev–Trinajstić information content (AvgIpc) is 3.17. The highest BCUT2D eigenvalue weighted by Crippen LogP contribution is 2.40. The Morgan fingerprint density at radius 3 is 2.74 bits per heavy atom. The summed E-state index contributed by atoms with van der Waals surface area (Å²) >= 11 is 0. The Morgan fingerprint density at radius 1 is 1.24 bits per heavy atom. The molecule has 0 saturated carbocycles. The zero-order chi connectivity index (χ0) is 27.1. The number of benzene rings is 1. The van der Waals surface area contributed by atoms with E-state index in [1.807, 2.05) is 6.92 Å². The van der Waals surface area contributed by atoms with Crippen LogP contribution in [0.15, 0.2) is 47.6 Å². The number of likely N-dealkylation sites (tertiary alicyclic amines) is 1. The molecule has 8 nitrogen and oxygen atoms in total. The third-order valence-corrected chi connectivity index (χ3v) is 8.32. The number of nitrogens with one attached hydrogen (secondary N) is 2. The molecule has 0 radical (unpaired) electrons. The first-order chi connectivity index (χ1) is 18.4. The quantitative estimate of drug-likeness (QED) is 0.165. The Hall–Kier alpha value is -2.68. The van der Waals surface area contributed by atoms with Crippen molar-refractivity contribution in [2.75, 3.05) is 44.7 Å². The number of nitrogens with zero attached hydrogens (tertiary/aromatic N) is 3. The van der Waals surface area contributed by atoms with E-state index in [1.165, 1.54) is 22.9 Å². The van der Waals surface area contributed by atoms with Crippen molar-refractivity contribution in [3.05, 3.63) is 53.8 Å². The lowest BCUT2D eigenvalue weighted by Gasteiger charge is -2.33. The third kappa shape index (κ3) is 7.04. The maximum atomic E-state index is 12.4. The first-order valence-electron chi connectivity index (χ1n) is 14.1. The van der Waals surface area contributed by atoms with Crippen LogP contribution in [0, 0.1) is 12.8 Å². The van der Waals surface area contributed by atoms with Gasteiger partial charge in [-0.1, -0.05) is 30.4 Å². The summed E-state index contributed by atoms with van der Waals surface area (Å²) in [6.07, 6.45) is 7.77. The second-order valence-corrected chi connectivity index (χ2v) is 10.9. The molecule has 3 aliphatic rings. The molecule has 3 atom stereocenters. The van der Waals surface area contributed by atoms with Crippen LogP contribution in [0.3, 0.4) is 0 Å². The van der Waals surface area contributed by atoms with Crippen LogP contribution >= 0.6 is 0 Å². The molecule has 0 bridgehead atoms. The molecule has 2 saturated heterocycles. The first-order valence-corrected chi connectivity index (χ1v) is 14.1. The van der Waals surface area contributed by atoms with Crippen LogP contribution in [0.25, 0.3) is 0 Å². The van der Waals surface area contributed by atoms with Crippen molar-refractivity contribution in [3.8, 4) is 0 Å². The highest BCUT2D eigenvalue weighted by Gasteiger charge is 2.33. The number of amidine groups is 1. The first kappa shape index (κ1) is 28.3. The summed E-state index contributed by atoms with van der Waals surface area (Å²) in [6, 6.07) is 7.33. The second kappa shape index (κ2) is 13.4. The molecule has 8 heteroatoms. The number of hydrogen-bond acceptors (Lipinski definition) is 6. The Morgan fingerprint density at radius 2 is 2.03 bits per heavy atom. The number of carbonyl (C=O) groups is 1. The van der Waals surface area contributed by atoms with E-state index in [9.17, 15) is 4.79 Å². The zero-order valence-electron chi connectivity index (χ0n) is 23.5. The number of amides is 1. The molecule has 38 heavy (non-hydrogen) atoms. The monoisotopic (exact) mass is 523 g/mol. The standard InChI is InChI=1S/C30H45N5O3/c1-6-25(30(36)33-38-29-9-7-8-16-37-29)19-32-23(4)35-14-12-24(13-15-35)18-31-20-27-22(3)34(5)28-11-10-21(2)17-26(27)28/h6,10-11,17,19,22,24,27,29,31H,1,7-9,12-16,18,20H2,2-5H3,(H,33,36)/b25-19+,32-23+. The molecule has 3 unspecified atom stereocenters. The van der Waals surface area contributed by atoms with Gasteiger partial charge in [-0.05, 0) is 70.5 Å². The number of ether oxygens (including phenoxy) is 1. The summed E-state index contributed by atoms with van der Waals surface area (Å²) in [5.74, 6) is 1.73. The number of hydrogen-bond donors (Lipinski definition) is 2. The van der Waals surface area contributed by atoms with Crippen LogP contribution in [0.4, 0.5) is 5.69 Å². The normalized spacial score (nSPS) is 24.9. The zero-order valence-corrected chi connectivity index (χ0v) is 23.5. The van der Waals surface area contributed by atoms with Gasteiger partial charge < -0.3 is 19.9 Å². The van der Waals surface area contributed by atoms with E-state index in [4.69, 9.17) is 9.57 Å². The number of aryl methyl sites for hydroxylation is 1. The Kier molecular flexibility index (Phi) is 9.99. The summed E-state index contributed by atoms with van der Waals surface area (Å²) in [5.41, 5.74) is 7.01. The molecule has 0 spiro atoms. The minimum atomic E-state index is -0.386. The molecule has 1 aromatic rings. The van der Waals surface area contributed by atoms with Crippen molar-refractivity contribution >= 4 is 17.4 Å². The van der Waals surface area contributed by atoms with Crippen molar-refractivity contribution in [3.63, 3.8) is 0 Å². The van der Waals surface area contributed by atoms with Crippen LogP contribution in [0.1, 0.15) is 63.0 Å². The molecule has 1 amide bonds. The smallest absolute Gasteiger partial charge is 0.276 e. The maximum Gasteiger partial charge on any atom is 0.276 e. The maximum absolute atomic E-state index is 12.4. The fourth-order valence-corrected chi connectivity index (χ4v) is 5.66. The largest absolute Gasteiger partial charge is 0.371 e. The van der Waals surface area contributed by atoms with Crippen molar-refractivity contribution < 1.29 is 14.4 Å². The van der Waals surface area contributed by atoms with Gasteiger partial charge in [0.15, 0.2) is 6.29 Å². The highest BCUT2D eigenvalue weighted by molar-refractivity contribution is 5.95. The van der Waals surface area contributed by atoms with E-state index >= 15 is 0 Å². The van der Waals surface area contributed by atoms with Crippen molar-refractivity contribution in [2.24, 2.45) is 10.9 Å². The lowest BCUT2D eigenvalue weighted by atomic mass is 9.93. The predicted molar refractivity (Wildman–Crippen MR) is 153 cm³/mol. The number of carbonyl (C=O) groups excluding carboxylic acids is 1. The summed E-state index contributed by atoms with van der Waals surface area (Å²) in [6.45, 7) is 14.9. The molecule has 3 aliphatic heterocycles. The Bertz CT molecular complexity index is 1020. The SMILES string of the molecule is C=C/C(=C\N=C(/C)N1CCC(CNCC2c3cc(C)ccc3N(C)C2C)CC1)C(=O)NOC1CCCCO1. The van der Waals surface area contributed by atoms with Gasteiger partial charge in [0.25, 0.3) is 5.91 Å². The van der Waals surface area contributed by atoms with Gasteiger partial charge in [-0.3, -0.25) is 4.79 Å². The van der Waals surface area contributed by atoms with Crippen LogP contribution in [-0.2, 0) is 14.4 Å². The molecule has 3 heterocycles. The van der Waals surface area contributed by atoms with Gasteiger partial charge in [0.2, 0.25) is 0 Å². The Labute approximate surface area is 228 Å². The number of piperidine rings is 1. The molecule has 0 aromatic heterocycles. The number of aliphatic imine (C=N–C) groups is 1. The highest BCUT2D eigenvalue weighted by atomic mass is 16.8.